The number of carbonyl (C=O) groups is 1. The highest BCUT2D eigenvalue weighted by Crippen LogP contribution is 2.27. The van der Waals surface area contributed by atoms with E-state index >= 15 is 0 Å². The van der Waals surface area contributed by atoms with Crippen molar-refractivity contribution in [2.45, 2.75) is 24.2 Å². The number of hydrogen-bond acceptors (Lipinski definition) is 5. The van der Waals surface area contributed by atoms with Crippen molar-refractivity contribution in [2.24, 2.45) is 11.1 Å². The average molecular weight is 419 g/mol. The van der Waals surface area contributed by atoms with Crippen LogP contribution in [0.4, 0.5) is 0 Å². The first-order valence-corrected chi connectivity index (χ1v) is 11.0. The minimum Gasteiger partial charge on any atom is -0.497 e. The molecule has 2 aromatic rings. The van der Waals surface area contributed by atoms with Crippen LogP contribution in [0.3, 0.4) is 0 Å². The van der Waals surface area contributed by atoms with E-state index in [-0.39, 0.29) is 16.4 Å². The summed E-state index contributed by atoms with van der Waals surface area (Å²) in [4.78, 5) is 14.6. The zero-order valence-electron chi connectivity index (χ0n) is 16.6. The maximum absolute atomic E-state index is 13.0. The third-order valence-electron chi connectivity index (χ3n) is 5.32. The number of primary sulfonamides is 1. The van der Waals surface area contributed by atoms with Gasteiger partial charge < -0.3 is 14.4 Å². The number of carbonyl (C=O) groups excluding carboxylic acids is 1. The second kappa shape index (κ2) is 8.84. The summed E-state index contributed by atoms with van der Waals surface area (Å²) in [6.07, 6.45) is 2.72. The first kappa shape index (κ1) is 21.1. The van der Waals surface area contributed by atoms with Crippen molar-refractivity contribution < 1.29 is 22.7 Å². The number of ether oxygens (including phenoxy) is 2. The van der Waals surface area contributed by atoms with E-state index in [1.807, 2.05) is 12.1 Å². The monoisotopic (exact) mass is 418 g/mol. The first-order valence-electron chi connectivity index (χ1n) is 9.45. The summed E-state index contributed by atoms with van der Waals surface area (Å²) in [5, 5.41) is 5.20. The lowest BCUT2D eigenvalue weighted by Gasteiger charge is -2.32. The minimum absolute atomic E-state index is 0.101. The Bertz CT molecular complexity index is 965. The summed E-state index contributed by atoms with van der Waals surface area (Å²) >= 11 is 0. The van der Waals surface area contributed by atoms with Gasteiger partial charge in [-0.25, -0.2) is 13.6 Å². The number of benzene rings is 2. The van der Waals surface area contributed by atoms with Crippen LogP contribution >= 0.6 is 0 Å². The molecule has 1 aliphatic heterocycles. The normalized spacial score (nSPS) is 15.2. The molecule has 2 aromatic carbocycles. The lowest BCUT2D eigenvalue weighted by atomic mass is 9.90. The number of piperidine rings is 1. The smallest absolute Gasteiger partial charge is 0.257 e. The van der Waals surface area contributed by atoms with Gasteiger partial charge in [-0.3, -0.25) is 4.79 Å². The largest absolute Gasteiger partial charge is 0.497 e. The van der Waals surface area contributed by atoms with Crippen LogP contribution in [0.5, 0.6) is 11.5 Å². The van der Waals surface area contributed by atoms with Gasteiger partial charge in [0.05, 0.1) is 24.7 Å². The molecule has 0 aliphatic carbocycles. The van der Waals surface area contributed by atoms with Crippen LogP contribution < -0.4 is 14.6 Å². The van der Waals surface area contributed by atoms with Gasteiger partial charge in [0.2, 0.25) is 10.0 Å². The summed E-state index contributed by atoms with van der Waals surface area (Å²) in [6, 6.07) is 12.1. The molecule has 0 radical (unpaired) electrons. The molecule has 8 heteroatoms. The third-order valence-corrected chi connectivity index (χ3v) is 6.23. The topological polar surface area (TPSA) is 98.9 Å². The van der Waals surface area contributed by atoms with E-state index in [0.717, 1.165) is 25.0 Å². The fraction of sp³-hybridized carbons (Fsp3) is 0.381. The molecule has 0 atom stereocenters. The van der Waals surface area contributed by atoms with Crippen molar-refractivity contribution in [3.05, 3.63) is 53.6 Å². The number of sulfonamides is 1. The number of nitrogens with two attached hydrogens (primary N) is 1. The maximum atomic E-state index is 13.0. The molecular formula is C21H26N2O5S. The predicted molar refractivity (Wildman–Crippen MR) is 110 cm³/mol. The molecule has 1 saturated heterocycles. The van der Waals surface area contributed by atoms with E-state index in [1.165, 1.54) is 30.9 Å². The van der Waals surface area contributed by atoms with Gasteiger partial charge in [0.1, 0.15) is 11.5 Å². The van der Waals surface area contributed by atoms with E-state index < -0.39 is 10.0 Å². The van der Waals surface area contributed by atoms with Crippen LogP contribution in [-0.2, 0) is 16.4 Å². The Morgan fingerprint density at radius 3 is 2.28 bits per heavy atom. The molecule has 0 saturated carbocycles. The molecule has 29 heavy (non-hydrogen) atoms. The summed E-state index contributed by atoms with van der Waals surface area (Å²) < 4.78 is 33.7. The second-order valence-electron chi connectivity index (χ2n) is 7.19. The minimum atomic E-state index is -3.90. The maximum Gasteiger partial charge on any atom is 0.257 e. The van der Waals surface area contributed by atoms with E-state index in [0.29, 0.717) is 24.8 Å². The first-order chi connectivity index (χ1) is 13.8. The molecule has 1 amide bonds. The van der Waals surface area contributed by atoms with Crippen molar-refractivity contribution in [1.29, 1.82) is 0 Å². The zero-order chi connectivity index (χ0) is 21.0. The van der Waals surface area contributed by atoms with Crippen molar-refractivity contribution in [1.82, 2.24) is 4.90 Å². The summed E-state index contributed by atoms with van der Waals surface area (Å²) in [7, 11) is -0.802. The number of likely N-dealkylation sites (tertiary alicyclic amines) is 1. The molecule has 1 fully saturated rings. The number of methoxy groups -OCH3 is 2. The Kier molecular flexibility index (Phi) is 6.44. The standard InChI is InChI=1S/C21H26N2O5S/c1-27-17-5-3-15(4-6-17)13-16-9-11-23(12-10-16)21(24)19-14-18(29(22,25)26)7-8-20(19)28-2/h3-8,14,16H,9-13H2,1-2H3,(H2,22,25,26). The molecule has 7 nitrogen and oxygen atoms in total. The molecule has 2 N–H and O–H groups in total. The molecule has 156 valence electrons. The van der Waals surface area contributed by atoms with Crippen LogP contribution in [0.2, 0.25) is 0 Å². The Hall–Kier alpha value is -2.58. The molecule has 1 heterocycles. The van der Waals surface area contributed by atoms with Gasteiger partial charge >= 0.3 is 0 Å². The molecule has 3 rings (SSSR count). The lowest BCUT2D eigenvalue weighted by molar-refractivity contribution is 0.0687. The molecule has 1 aliphatic rings. The lowest BCUT2D eigenvalue weighted by Crippen LogP contribution is -2.39. The quantitative estimate of drug-likeness (QED) is 0.777. The van der Waals surface area contributed by atoms with Gasteiger partial charge in [0.25, 0.3) is 5.91 Å². The SMILES string of the molecule is COc1ccc(CC2CCN(C(=O)c3cc(S(N)(=O)=O)ccc3OC)CC2)cc1. The van der Waals surface area contributed by atoms with Crippen molar-refractivity contribution in [3.63, 3.8) is 0 Å². The Labute approximate surface area is 171 Å². The van der Waals surface area contributed by atoms with Crippen molar-refractivity contribution in [2.75, 3.05) is 27.3 Å². The highest BCUT2D eigenvalue weighted by Gasteiger charge is 2.26. The van der Waals surface area contributed by atoms with E-state index in [4.69, 9.17) is 14.6 Å². The number of hydrogen-bond donors (Lipinski definition) is 1. The van der Waals surface area contributed by atoms with Gasteiger partial charge in [-0.05, 0) is 61.1 Å². The van der Waals surface area contributed by atoms with Crippen LogP contribution in [0.25, 0.3) is 0 Å². The molecule has 0 spiro atoms. The molecule has 0 aromatic heterocycles. The highest BCUT2D eigenvalue weighted by molar-refractivity contribution is 7.89. The van der Waals surface area contributed by atoms with Gasteiger partial charge in [0.15, 0.2) is 0 Å². The van der Waals surface area contributed by atoms with Crippen molar-refractivity contribution >= 4 is 15.9 Å². The number of nitrogens with zero attached hydrogens (tertiary/aromatic N) is 1. The van der Waals surface area contributed by atoms with E-state index in [2.05, 4.69) is 12.1 Å². The van der Waals surface area contributed by atoms with Crippen LogP contribution in [0.1, 0.15) is 28.8 Å². The molecule has 0 bridgehead atoms. The van der Waals surface area contributed by atoms with E-state index in [9.17, 15) is 13.2 Å². The number of amides is 1. The molecule has 0 unspecified atom stereocenters. The van der Waals surface area contributed by atoms with E-state index in [1.54, 1.807) is 12.0 Å². The second-order valence-corrected chi connectivity index (χ2v) is 8.76. The van der Waals surface area contributed by atoms with Crippen LogP contribution in [-0.4, -0.2) is 46.5 Å². The Morgan fingerprint density at radius 1 is 1.07 bits per heavy atom. The average Bonchev–Trinajstić information content (AvgIpc) is 2.73. The van der Waals surface area contributed by atoms with Crippen LogP contribution in [0.15, 0.2) is 47.4 Å². The predicted octanol–water partition coefficient (Wildman–Crippen LogP) is 2.45. The van der Waals surface area contributed by atoms with Gasteiger partial charge in [-0.1, -0.05) is 12.1 Å². The van der Waals surface area contributed by atoms with Gasteiger partial charge in [-0.15, -0.1) is 0 Å². The summed E-state index contributed by atoms with van der Waals surface area (Å²) in [6.45, 7) is 1.23. The Balaban J connectivity index is 1.66. The fourth-order valence-electron chi connectivity index (χ4n) is 3.64. The van der Waals surface area contributed by atoms with Gasteiger partial charge in [0, 0.05) is 13.1 Å². The van der Waals surface area contributed by atoms with Crippen LogP contribution in [0, 0.1) is 5.92 Å². The van der Waals surface area contributed by atoms with Gasteiger partial charge in [-0.2, -0.15) is 0 Å². The third kappa shape index (κ3) is 5.07. The summed E-state index contributed by atoms with van der Waals surface area (Å²) in [5.74, 6) is 1.42. The highest BCUT2D eigenvalue weighted by atomic mass is 32.2. The zero-order valence-corrected chi connectivity index (χ0v) is 17.4. The van der Waals surface area contributed by atoms with Crippen molar-refractivity contribution in [3.8, 4) is 11.5 Å². The summed E-state index contributed by atoms with van der Waals surface area (Å²) in [5.41, 5.74) is 1.46. The molecular weight excluding hydrogens is 392 g/mol. The number of rotatable bonds is 6. The fourth-order valence-corrected chi connectivity index (χ4v) is 4.18. The Morgan fingerprint density at radius 2 is 1.72 bits per heavy atom.